The lowest BCUT2D eigenvalue weighted by molar-refractivity contribution is 0.0859. The predicted octanol–water partition coefficient (Wildman–Crippen LogP) is 2.97. The number of rotatable bonds is 2. The fourth-order valence-corrected chi connectivity index (χ4v) is 1.50. The van der Waals surface area contributed by atoms with Gasteiger partial charge in [-0.15, -0.1) is 0 Å². The number of benzene rings is 2. The second kappa shape index (κ2) is 4.57. The zero-order chi connectivity index (χ0) is 11.4. The minimum atomic E-state index is -0.723. The minimum absolute atomic E-state index is 0.308. The third-order valence-electron chi connectivity index (χ3n) is 2.34. The average molecular weight is 215 g/mol. The highest BCUT2D eigenvalue weighted by atomic mass is 19.2. The van der Waals surface area contributed by atoms with Crippen molar-refractivity contribution in [2.24, 2.45) is 0 Å². The molecular formula is C13H10FNO. The summed E-state index contributed by atoms with van der Waals surface area (Å²) >= 11 is 0. The summed E-state index contributed by atoms with van der Waals surface area (Å²) < 4.78 is 11.9. The van der Waals surface area contributed by atoms with Gasteiger partial charge in [-0.2, -0.15) is 5.54 Å². The second-order valence-electron chi connectivity index (χ2n) is 3.37. The van der Waals surface area contributed by atoms with E-state index >= 15 is 0 Å². The van der Waals surface area contributed by atoms with Crippen LogP contribution in [0.4, 0.5) is 4.48 Å². The molecule has 0 bridgehead atoms. The first-order valence-corrected chi connectivity index (χ1v) is 4.88. The molecule has 0 atom stereocenters. The van der Waals surface area contributed by atoms with Crippen molar-refractivity contribution in [3.63, 3.8) is 0 Å². The standard InChI is InChI=1S/C13H10FNO/c14-15-13(16)12-8-6-11(7-9-12)10-4-2-1-3-5-10/h1-9H,(H,15,16). The van der Waals surface area contributed by atoms with Crippen LogP contribution >= 0.6 is 0 Å². The van der Waals surface area contributed by atoms with Crippen LogP contribution in [-0.4, -0.2) is 5.91 Å². The van der Waals surface area contributed by atoms with Crippen LogP contribution < -0.4 is 5.54 Å². The smallest absolute Gasteiger partial charge is 0.267 e. The molecule has 0 heterocycles. The highest BCUT2D eigenvalue weighted by Gasteiger charge is 2.04. The highest BCUT2D eigenvalue weighted by Crippen LogP contribution is 2.19. The molecule has 0 saturated carbocycles. The number of nitrogens with one attached hydrogen (secondary N) is 1. The van der Waals surface area contributed by atoms with Crippen LogP contribution in [-0.2, 0) is 0 Å². The van der Waals surface area contributed by atoms with E-state index < -0.39 is 5.91 Å². The van der Waals surface area contributed by atoms with Gasteiger partial charge in [0.1, 0.15) is 0 Å². The number of hydrogen-bond acceptors (Lipinski definition) is 1. The zero-order valence-corrected chi connectivity index (χ0v) is 8.48. The Morgan fingerprint density at radius 3 is 2.00 bits per heavy atom. The number of carbonyl (C=O) groups is 1. The number of amides is 1. The Hall–Kier alpha value is -2.16. The summed E-state index contributed by atoms with van der Waals surface area (Å²) in [5.74, 6) is -0.723. The summed E-state index contributed by atoms with van der Waals surface area (Å²) in [7, 11) is 0. The van der Waals surface area contributed by atoms with E-state index in [1.54, 1.807) is 24.3 Å². The average Bonchev–Trinajstić information content (AvgIpc) is 2.39. The molecule has 3 heteroatoms. The molecule has 0 aliphatic rings. The van der Waals surface area contributed by atoms with Crippen LogP contribution in [0.15, 0.2) is 54.6 Å². The molecule has 0 unspecified atom stereocenters. The van der Waals surface area contributed by atoms with Crippen LogP contribution in [0.25, 0.3) is 11.1 Å². The third kappa shape index (κ3) is 2.08. The van der Waals surface area contributed by atoms with Gasteiger partial charge in [0.25, 0.3) is 5.91 Å². The molecule has 2 aromatic rings. The van der Waals surface area contributed by atoms with Crippen molar-refractivity contribution >= 4 is 5.91 Å². The van der Waals surface area contributed by atoms with E-state index in [1.165, 1.54) is 0 Å². The molecule has 0 aromatic heterocycles. The summed E-state index contributed by atoms with van der Waals surface area (Å²) in [6.07, 6.45) is 0. The van der Waals surface area contributed by atoms with Crippen molar-refractivity contribution in [2.45, 2.75) is 0 Å². The van der Waals surface area contributed by atoms with Gasteiger partial charge < -0.3 is 0 Å². The third-order valence-corrected chi connectivity index (χ3v) is 2.34. The summed E-state index contributed by atoms with van der Waals surface area (Å²) in [5.41, 5.74) is 3.47. The van der Waals surface area contributed by atoms with E-state index in [1.807, 2.05) is 30.3 Å². The Labute approximate surface area is 92.7 Å². The van der Waals surface area contributed by atoms with Gasteiger partial charge in [-0.3, -0.25) is 4.79 Å². The molecule has 2 nitrogen and oxygen atoms in total. The first-order valence-electron chi connectivity index (χ1n) is 4.88. The molecule has 0 aliphatic heterocycles. The molecule has 0 saturated heterocycles. The van der Waals surface area contributed by atoms with Crippen LogP contribution in [0.3, 0.4) is 0 Å². The van der Waals surface area contributed by atoms with Crippen molar-refractivity contribution < 1.29 is 9.28 Å². The van der Waals surface area contributed by atoms with Crippen molar-refractivity contribution in [1.82, 2.24) is 5.54 Å². The topological polar surface area (TPSA) is 29.1 Å². The predicted molar refractivity (Wildman–Crippen MR) is 60.5 cm³/mol. The first-order chi connectivity index (χ1) is 7.81. The van der Waals surface area contributed by atoms with Gasteiger partial charge in [-0.05, 0) is 23.3 Å². The van der Waals surface area contributed by atoms with E-state index in [9.17, 15) is 9.28 Å². The van der Waals surface area contributed by atoms with Gasteiger partial charge in [0.2, 0.25) is 0 Å². The fourth-order valence-electron chi connectivity index (χ4n) is 1.50. The van der Waals surface area contributed by atoms with Gasteiger partial charge in [-0.1, -0.05) is 46.9 Å². The Morgan fingerprint density at radius 2 is 1.44 bits per heavy atom. The molecule has 1 amide bonds. The van der Waals surface area contributed by atoms with E-state index in [-0.39, 0.29) is 0 Å². The van der Waals surface area contributed by atoms with Crippen LogP contribution in [0.2, 0.25) is 0 Å². The largest absolute Gasteiger partial charge is 0.278 e. The maximum Gasteiger partial charge on any atom is 0.278 e. The Balaban J connectivity index is 2.30. The lowest BCUT2D eigenvalue weighted by atomic mass is 10.0. The second-order valence-corrected chi connectivity index (χ2v) is 3.37. The SMILES string of the molecule is O=C(NF)c1ccc(-c2ccccc2)cc1. The summed E-state index contributed by atoms with van der Waals surface area (Å²) in [6, 6.07) is 16.5. The van der Waals surface area contributed by atoms with E-state index in [4.69, 9.17) is 0 Å². The maximum absolute atomic E-state index is 11.9. The van der Waals surface area contributed by atoms with Gasteiger partial charge in [0, 0.05) is 5.56 Å². The van der Waals surface area contributed by atoms with E-state index in [0.717, 1.165) is 16.7 Å². The van der Waals surface area contributed by atoms with Gasteiger partial charge >= 0.3 is 0 Å². The summed E-state index contributed by atoms with van der Waals surface area (Å²) in [6.45, 7) is 0. The lowest BCUT2D eigenvalue weighted by Crippen LogP contribution is -2.13. The van der Waals surface area contributed by atoms with Crippen molar-refractivity contribution in [2.75, 3.05) is 0 Å². The molecule has 1 N–H and O–H groups in total. The summed E-state index contributed by atoms with van der Waals surface area (Å²) in [5, 5.41) is 0. The molecule has 0 fully saturated rings. The molecular weight excluding hydrogens is 205 g/mol. The molecule has 0 spiro atoms. The van der Waals surface area contributed by atoms with Crippen LogP contribution in [0.5, 0.6) is 0 Å². The Kier molecular flexibility index (Phi) is 2.96. The van der Waals surface area contributed by atoms with Crippen LogP contribution in [0.1, 0.15) is 10.4 Å². The van der Waals surface area contributed by atoms with E-state index in [2.05, 4.69) is 0 Å². The van der Waals surface area contributed by atoms with Crippen LogP contribution in [0, 0.1) is 0 Å². The number of halogens is 1. The molecule has 2 aromatic carbocycles. The van der Waals surface area contributed by atoms with Gasteiger partial charge in [-0.25, -0.2) is 0 Å². The number of carbonyl (C=O) groups excluding carboxylic acids is 1. The van der Waals surface area contributed by atoms with E-state index in [0.29, 0.717) is 5.56 Å². The minimum Gasteiger partial charge on any atom is -0.267 e. The molecule has 2 rings (SSSR count). The van der Waals surface area contributed by atoms with Crippen molar-refractivity contribution in [3.05, 3.63) is 60.2 Å². The maximum atomic E-state index is 11.9. The molecule has 16 heavy (non-hydrogen) atoms. The van der Waals surface area contributed by atoms with Gasteiger partial charge in [0.05, 0.1) is 0 Å². The first kappa shape index (κ1) is 10.4. The van der Waals surface area contributed by atoms with Crippen molar-refractivity contribution in [3.8, 4) is 11.1 Å². The zero-order valence-electron chi connectivity index (χ0n) is 8.48. The molecule has 0 aliphatic carbocycles. The summed E-state index contributed by atoms with van der Waals surface area (Å²) in [4.78, 5) is 11.0. The normalized spacial score (nSPS) is 9.81. The quantitative estimate of drug-likeness (QED) is 0.766. The Morgan fingerprint density at radius 1 is 0.875 bits per heavy atom. The fraction of sp³-hybridized carbons (Fsp3) is 0. The van der Waals surface area contributed by atoms with Crippen molar-refractivity contribution in [1.29, 1.82) is 0 Å². The highest BCUT2D eigenvalue weighted by molar-refractivity contribution is 5.93. The molecule has 0 radical (unpaired) electrons. The lowest BCUT2D eigenvalue weighted by Gasteiger charge is -2.02. The van der Waals surface area contributed by atoms with Gasteiger partial charge in [0.15, 0.2) is 0 Å². The number of hydrogen-bond donors (Lipinski definition) is 1. The molecule has 80 valence electrons. The Bertz CT molecular complexity index is 479. The monoisotopic (exact) mass is 215 g/mol.